The molecule has 0 aliphatic carbocycles. The summed E-state index contributed by atoms with van der Waals surface area (Å²) in [4.78, 5) is 25.2. The molecule has 0 bridgehead atoms. The third kappa shape index (κ3) is 5.21. The molecule has 9 nitrogen and oxygen atoms in total. The molecule has 1 aliphatic rings. The van der Waals surface area contributed by atoms with Gasteiger partial charge >= 0.3 is 10.1 Å². The number of non-ortho nitro benzene ring substituents is 1. The first-order valence-electron chi connectivity index (χ1n) is 11.3. The van der Waals surface area contributed by atoms with Gasteiger partial charge < -0.3 is 8.92 Å². The Labute approximate surface area is 232 Å². The molecule has 0 saturated carbocycles. The molecule has 0 N–H and O–H groups in total. The fourth-order valence-electron chi connectivity index (χ4n) is 4.01. The van der Waals surface area contributed by atoms with Crippen LogP contribution in [0.25, 0.3) is 16.8 Å². The van der Waals surface area contributed by atoms with Crippen LogP contribution in [0.2, 0.25) is 0 Å². The maximum atomic E-state index is 13.2. The summed E-state index contributed by atoms with van der Waals surface area (Å²) < 4.78 is 37.4. The summed E-state index contributed by atoms with van der Waals surface area (Å²) in [6.07, 6.45) is 1.57. The molecule has 4 aromatic carbocycles. The Morgan fingerprint density at radius 3 is 2.49 bits per heavy atom. The molecular weight excluding hydrogens is 561 g/mol. The first-order valence-corrected chi connectivity index (χ1v) is 13.9. The average Bonchev–Trinajstić information content (AvgIpc) is 3.21. The van der Waals surface area contributed by atoms with Crippen LogP contribution in [0, 0.1) is 10.1 Å². The van der Waals surface area contributed by atoms with E-state index in [1.807, 2.05) is 18.2 Å². The van der Waals surface area contributed by atoms with Crippen molar-refractivity contribution in [3.8, 4) is 11.5 Å². The maximum absolute atomic E-state index is 13.2. The Morgan fingerprint density at radius 2 is 1.72 bits per heavy atom. The molecule has 39 heavy (non-hydrogen) atoms. The number of nitro benzene ring substituents is 1. The van der Waals surface area contributed by atoms with Gasteiger partial charge in [0.25, 0.3) is 11.6 Å². The summed E-state index contributed by atoms with van der Waals surface area (Å²) in [5, 5.41) is 12.4. The Hall–Kier alpha value is -4.26. The van der Waals surface area contributed by atoms with Crippen molar-refractivity contribution in [2.45, 2.75) is 4.90 Å². The number of hydrogen-bond acceptors (Lipinski definition) is 9. The predicted octanol–water partition coefficient (Wildman–Crippen LogP) is 5.93. The van der Waals surface area contributed by atoms with Crippen molar-refractivity contribution in [2.75, 3.05) is 12.0 Å². The number of carbonyl (C=O) groups is 1. The molecule has 1 saturated heterocycles. The van der Waals surface area contributed by atoms with Crippen LogP contribution in [0.5, 0.6) is 11.5 Å². The van der Waals surface area contributed by atoms with Crippen molar-refractivity contribution >= 4 is 72.5 Å². The molecule has 196 valence electrons. The number of hydrogen-bond donors (Lipinski definition) is 0. The number of nitrogens with zero attached hydrogens (tertiary/aromatic N) is 2. The lowest BCUT2D eigenvalue weighted by atomic mass is 10.1. The largest absolute Gasteiger partial charge is 0.493 e. The van der Waals surface area contributed by atoms with E-state index >= 15 is 0 Å². The minimum atomic E-state index is -4.20. The van der Waals surface area contributed by atoms with Crippen LogP contribution in [0.4, 0.5) is 11.4 Å². The Bertz CT molecular complexity index is 1800. The maximum Gasteiger partial charge on any atom is 0.339 e. The third-order valence-electron chi connectivity index (χ3n) is 5.80. The smallest absolute Gasteiger partial charge is 0.339 e. The summed E-state index contributed by atoms with van der Waals surface area (Å²) in [5.41, 5.74) is 0.653. The fraction of sp³-hybridized carbons (Fsp3) is 0.0370. The second-order valence-electron chi connectivity index (χ2n) is 8.22. The number of benzene rings is 4. The van der Waals surface area contributed by atoms with Crippen LogP contribution >= 0.6 is 24.0 Å². The van der Waals surface area contributed by atoms with Crippen LogP contribution in [0.15, 0.2) is 94.7 Å². The standard InChI is InChI=1S/C27H18N2O7S3/c1-35-23-14-17(15-24-26(30)28(27(37)38-24)19-8-5-9-20(16-19)29(31)32)12-13-22(23)36-39(33,34)25-11-4-7-18-6-2-3-10-21(18)25/h2-16H,1H3/b24-15+. The number of nitro groups is 1. The molecule has 0 radical (unpaired) electrons. The van der Waals surface area contributed by atoms with Crippen LogP contribution in [-0.2, 0) is 14.9 Å². The number of methoxy groups -OCH3 is 1. The molecule has 1 fully saturated rings. The van der Waals surface area contributed by atoms with E-state index < -0.39 is 20.9 Å². The number of thiocarbonyl (C=S) groups is 1. The summed E-state index contributed by atoms with van der Waals surface area (Å²) in [6.45, 7) is 0. The van der Waals surface area contributed by atoms with Gasteiger partial charge in [-0.25, -0.2) is 0 Å². The molecule has 0 atom stereocenters. The number of ether oxygens (including phenoxy) is 1. The van der Waals surface area contributed by atoms with Crippen molar-refractivity contribution in [2.24, 2.45) is 0 Å². The van der Waals surface area contributed by atoms with Gasteiger partial charge in [-0.05, 0) is 41.3 Å². The SMILES string of the molecule is COc1cc(/C=C2/SC(=S)N(c3cccc([N+](=O)[O-])c3)C2=O)ccc1OS(=O)(=O)c1cccc2ccccc12. The number of thioether (sulfide) groups is 1. The lowest BCUT2D eigenvalue weighted by Crippen LogP contribution is -2.27. The molecule has 1 amide bonds. The summed E-state index contributed by atoms with van der Waals surface area (Å²) >= 11 is 6.40. The quantitative estimate of drug-likeness (QED) is 0.0865. The van der Waals surface area contributed by atoms with E-state index in [1.54, 1.807) is 36.4 Å². The Kier molecular flexibility index (Phi) is 7.08. The van der Waals surface area contributed by atoms with Crippen molar-refractivity contribution < 1.29 is 27.1 Å². The lowest BCUT2D eigenvalue weighted by Gasteiger charge is -2.14. The van der Waals surface area contributed by atoms with Crippen LogP contribution in [-0.4, -0.2) is 30.7 Å². The molecule has 0 unspecified atom stereocenters. The van der Waals surface area contributed by atoms with Crippen LogP contribution < -0.4 is 13.8 Å². The summed E-state index contributed by atoms with van der Waals surface area (Å²) in [6, 6.07) is 22.2. The molecule has 1 heterocycles. The molecule has 4 aromatic rings. The molecule has 0 aromatic heterocycles. The van der Waals surface area contributed by atoms with Gasteiger partial charge in [0.15, 0.2) is 15.8 Å². The van der Waals surface area contributed by atoms with E-state index in [9.17, 15) is 23.3 Å². The van der Waals surface area contributed by atoms with Gasteiger partial charge in [0.1, 0.15) is 4.90 Å². The summed E-state index contributed by atoms with van der Waals surface area (Å²) in [5.74, 6) is -0.322. The highest BCUT2D eigenvalue weighted by molar-refractivity contribution is 8.27. The molecule has 1 aliphatic heterocycles. The average molecular weight is 579 g/mol. The number of fused-ring (bicyclic) bond motifs is 1. The first-order chi connectivity index (χ1) is 18.7. The molecular formula is C27H18N2O7S3. The van der Waals surface area contributed by atoms with E-state index in [4.69, 9.17) is 21.1 Å². The number of carbonyl (C=O) groups excluding carboxylic acids is 1. The van der Waals surface area contributed by atoms with Crippen molar-refractivity contribution in [3.63, 3.8) is 0 Å². The fourth-order valence-corrected chi connectivity index (χ4v) is 6.47. The van der Waals surface area contributed by atoms with E-state index in [0.29, 0.717) is 10.9 Å². The molecule has 5 rings (SSSR count). The highest BCUT2D eigenvalue weighted by Gasteiger charge is 2.34. The molecule has 0 spiro atoms. The monoisotopic (exact) mass is 578 g/mol. The zero-order chi connectivity index (χ0) is 27.7. The van der Waals surface area contributed by atoms with Gasteiger partial charge in [-0.3, -0.25) is 19.8 Å². The van der Waals surface area contributed by atoms with Gasteiger partial charge in [0.05, 0.1) is 22.6 Å². The predicted molar refractivity (Wildman–Crippen MR) is 154 cm³/mol. The highest BCUT2D eigenvalue weighted by atomic mass is 32.2. The van der Waals surface area contributed by atoms with Gasteiger partial charge in [-0.15, -0.1) is 0 Å². The first kappa shape index (κ1) is 26.4. The zero-order valence-corrected chi connectivity index (χ0v) is 22.6. The van der Waals surface area contributed by atoms with Gasteiger partial charge in [0, 0.05) is 17.5 Å². The second kappa shape index (κ2) is 10.5. The minimum Gasteiger partial charge on any atom is -0.493 e. The Morgan fingerprint density at radius 1 is 0.974 bits per heavy atom. The topological polar surface area (TPSA) is 116 Å². The number of amides is 1. The van der Waals surface area contributed by atoms with E-state index in [-0.39, 0.29) is 37.0 Å². The minimum absolute atomic E-state index is 0.0215. The van der Waals surface area contributed by atoms with E-state index in [0.717, 1.165) is 17.1 Å². The Balaban J connectivity index is 1.43. The van der Waals surface area contributed by atoms with E-state index in [1.165, 1.54) is 48.4 Å². The zero-order valence-electron chi connectivity index (χ0n) is 20.1. The van der Waals surface area contributed by atoms with Crippen LogP contribution in [0.1, 0.15) is 5.56 Å². The van der Waals surface area contributed by atoms with Gasteiger partial charge in [-0.2, -0.15) is 8.42 Å². The van der Waals surface area contributed by atoms with Crippen molar-refractivity contribution in [3.05, 3.63) is 106 Å². The van der Waals surface area contributed by atoms with Crippen molar-refractivity contribution in [1.82, 2.24) is 0 Å². The number of anilines is 1. The third-order valence-corrected chi connectivity index (χ3v) is 8.39. The second-order valence-corrected chi connectivity index (χ2v) is 11.4. The van der Waals surface area contributed by atoms with Crippen LogP contribution in [0.3, 0.4) is 0 Å². The molecule has 12 heteroatoms. The summed E-state index contributed by atoms with van der Waals surface area (Å²) in [7, 11) is -2.82. The number of rotatable bonds is 7. The highest BCUT2D eigenvalue weighted by Crippen LogP contribution is 2.38. The van der Waals surface area contributed by atoms with Crippen molar-refractivity contribution in [1.29, 1.82) is 0 Å². The lowest BCUT2D eigenvalue weighted by molar-refractivity contribution is -0.384. The van der Waals surface area contributed by atoms with Gasteiger partial charge in [0.2, 0.25) is 0 Å². The van der Waals surface area contributed by atoms with Gasteiger partial charge in [-0.1, -0.05) is 72.5 Å². The normalized spacial score (nSPS) is 14.7. The van der Waals surface area contributed by atoms with E-state index in [2.05, 4.69) is 0 Å².